The van der Waals surface area contributed by atoms with Gasteiger partial charge in [0.25, 0.3) is 0 Å². The lowest BCUT2D eigenvalue weighted by Crippen LogP contribution is -2.62. The normalized spacial score (nSPS) is 24.0. The van der Waals surface area contributed by atoms with Gasteiger partial charge in [0, 0.05) is 54.9 Å². The highest BCUT2D eigenvalue weighted by atomic mass is 16.3. The molecule has 9 heteroatoms. The van der Waals surface area contributed by atoms with Crippen molar-refractivity contribution < 1.29 is 5.11 Å². The van der Waals surface area contributed by atoms with Gasteiger partial charge in [0.2, 0.25) is 17.8 Å². The molecule has 0 unspecified atom stereocenters. The highest BCUT2D eigenvalue weighted by molar-refractivity contribution is 5.46. The van der Waals surface area contributed by atoms with E-state index in [-0.39, 0.29) is 28.8 Å². The lowest BCUT2D eigenvalue weighted by Gasteiger charge is -2.49. The Labute approximate surface area is 206 Å². The first-order valence-corrected chi connectivity index (χ1v) is 12.7. The molecule has 3 heterocycles. The topological polar surface area (TPSA) is 101 Å². The van der Waals surface area contributed by atoms with Crippen molar-refractivity contribution in [3.8, 4) is 0 Å². The van der Waals surface area contributed by atoms with Crippen LogP contribution in [0.25, 0.3) is 0 Å². The number of rotatable bonds is 7. The second-order valence-electron chi connectivity index (χ2n) is 13.0. The summed E-state index contributed by atoms with van der Waals surface area (Å²) in [6.07, 6.45) is 4.00. The standard InChI is InChI=1S/C25H48N8O/c1-22(2)13-17(14-23(3,4)30-22)32(9)20-27-19(26-11-12-34)28-21(29-20)33(10)18-15-24(5,6)31-25(7,8)16-18/h17-18,30-31,34H,11-16H2,1-10H3,(H,26,27,28,29). The molecule has 2 fully saturated rings. The SMILES string of the molecule is CN(c1nc(NCCO)nc(N(C)C2CC(C)(C)NC(C)(C)C2)n1)C1CC(C)(C)NC(C)(C)C1. The van der Waals surface area contributed by atoms with Crippen molar-refractivity contribution in [3.63, 3.8) is 0 Å². The van der Waals surface area contributed by atoms with E-state index in [4.69, 9.17) is 15.0 Å². The van der Waals surface area contributed by atoms with Crippen LogP contribution in [0.4, 0.5) is 17.8 Å². The van der Waals surface area contributed by atoms with Crippen LogP contribution in [0, 0.1) is 0 Å². The molecule has 194 valence electrons. The molecule has 2 aliphatic rings. The number of piperidine rings is 2. The maximum atomic E-state index is 9.35. The molecule has 3 rings (SSSR count). The summed E-state index contributed by atoms with van der Waals surface area (Å²) in [6, 6.07) is 0.600. The van der Waals surface area contributed by atoms with Crippen LogP contribution in [0.1, 0.15) is 81.1 Å². The zero-order chi connectivity index (χ0) is 25.5. The van der Waals surface area contributed by atoms with Crippen LogP contribution in [-0.4, -0.2) is 81.5 Å². The van der Waals surface area contributed by atoms with E-state index in [0.717, 1.165) is 25.7 Å². The van der Waals surface area contributed by atoms with Crippen molar-refractivity contribution in [2.45, 2.75) is 115 Å². The zero-order valence-corrected chi connectivity index (χ0v) is 23.1. The fraction of sp³-hybridized carbons (Fsp3) is 0.880. The fourth-order valence-electron chi connectivity index (χ4n) is 6.33. The van der Waals surface area contributed by atoms with Crippen LogP contribution in [0.15, 0.2) is 0 Å². The van der Waals surface area contributed by atoms with Crippen molar-refractivity contribution in [3.05, 3.63) is 0 Å². The predicted molar refractivity (Wildman–Crippen MR) is 141 cm³/mol. The summed E-state index contributed by atoms with van der Waals surface area (Å²) in [7, 11) is 4.18. The molecule has 2 aliphatic heterocycles. The van der Waals surface area contributed by atoms with Gasteiger partial charge in [0.05, 0.1) is 6.61 Å². The maximum absolute atomic E-state index is 9.35. The van der Waals surface area contributed by atoms with Crippen LogP contribution in [0.2, 0.25) is 0 Å². The molecule has 0 aliphatic carbocycles. The molecule has 0 atom stereocenters. The van der Waals surface area contributed by atoms with Crippen molar-refractivity contribution in [2.75, 3.05) is 42.4 Å². The highest BCUT2D eigenvalue weighted by Crippen LogP contribution is 2.35. The average molecular weight is 477 g/mol. The third-order valence-corrected chi connectivity index (χ3v) is 7.07. The first-order valence-electron chi connectivity index (χ1n) is 12.7. The number of aromatic nitrogens is 3. The Morgan fingerprint density at radius 1 is 0.735 bits per heavy atom. The Hall–Kier alpha value is -1.71. The Kier molecular flexibility index (Phi) is 7.43. The summed E-state index contributed by atoms with van der Waals surface area (Å²) in [5.74, 6) is 1.85. The number of aliphatic hydroxyl groups is 1. The molecule has 9 nitrogen and oxygen atoms in total. The van der Waals surface area contributed by atoms with Gasteiger partial charge in [-0.3, -0.25) is 0 Å². The Bertz CT molecular complexity index is 759. The van der Waals surface area contributed by atoms with Gasteiger partial charge in [0.15, 0.2) is 0 Å². The molecule has 4 N–H and O–H groups in total. The lowest BCUT2D eigenvalue weighted by molar-refractivity contribution is 0.160. The third kappa shape index (κ3) is 6.70. The Morgan fingerprint density at radius 2 is 1.09 bits per heavy atom. The second kappa shape index (κ2) is 9.39. The number of nitrogens with zero attached hydrogens (tertiary/aromatic N) is 5. The minimum atomic E-state index is 0.0232. The molecule has 0 aromatic carbocycles. The van der Waals surface area contributed by atoms with Crippen LogP contribution in [-0.2, 0) is 0 Å². The van der Waals surface area contributed by atoms with Gasteiger partial charge in [-0.25, -0.2) is 0 Å². The van der Waals surface area contributed by atoms with Gasteiger partial charge >= 0.3 is 0 Å². The molecule has 34 heavy (non-hydrogen) atoms. The maximum Gasteiger partial charge on any atom is 0.231 e. The minimum Gasteiger partial charge on any atom is -0.395 e. The monoisotopic (exact) mass is 476 g/mol. The largest absolute Gasteiger partial charge is 0.395 e. The third-order valence-electron chi connectivity index (χ3n) is 7.07. The summed E-state index contributed by atoms with van der Waals surface area (Å²) in [4.78, 5) is 18.9. The summed E-state index contributed by atoms with van der Waals surface area (Å²) in [5.41, 5.74) is 0.101. The Balaban J connectivity index is 1.93. The molecule has 0 saturated carbocycles. The second-order valence-corrected chi connectivity index (χ2v) is 13.0. The fourth-order valence-corrected chi connectivity index (χ4v) is 6.33. The predicted octanol–water partition coefficient (Wildman–Crippen LogP) is 2.77. The molecular formula is C25H48N8O. The van der Waals surface area contributed by atoms with Gasteiger partial charge in [-0.15, -0.1) is 0 Å². The van der Waals surface area contributed by atoms with Gasteiger partial charge < -0.3 is 30.9 Å². The molecule has 0 amide bonds. The first-order chi connectivity index (χ1) is 15.5. The van der Waals surface area contributed by atoms with Crippen LogP contribution >= 0.6 is 0 Å². The highest BCUT2D eigenvalue weighted by Gasteiger charge is 2.41. The van der Waals surface area contributed by atoms with Crippen molar-refractivity contribution in [1.82, 2.24) is 25.6 Å². The number of hydrogen-bond donors (Lipinski definition) is 4. The van der Waals surface area contributed by atoms with E-state index in [9.17, 15) is 5.11 Å². The van der Waals surface area contributed by atoms with Crippen LogP contribution < -0.4 is 25.8 Å². The van der Waals surface area contributed by atoms with E-state index in [1.165, 1.54) is 0 Å². The minimum absolute atomic E-state index is 0.0232. The summed E-state index contributed by atoms with van der Waals surface area (Å²) in [6.45, 7) is 18.5. The molecule has 0 spiro atoms. The first kappa shape index (κ1) is 26.9. The van der Waals surface area contributed by atoms with Crippen LogP contribution in [0.3, 0.4) is 0 Å². The molecular weight excluding hydrogens is 428 g/mol. The molecule has 1 aromatic rings. The average Bonchev–Trinajstić information content (AvgIpc) is 2.66. The van der Waals surface area contributed by atoms with Gasteiger partial charge in [-0.05, 0) is 81.1 Å². The zero-order valence-electron chi connectivity index (χ0n) is 23.1. The Morgan fingerprint density at radius 3 is 1.41 bits per heavy atom. The summed E-state index contributed by atoms with van der Waals surface area (Å²) >= 11 is 0. The van der Waals surface area contributed by atoms with E-state index < -0.39 is 0 Å². The number of anilines is 3. The van der Waals surface area contributed by atoms with Crippen molar-refractivity contribution in [1.29, 1.82) is 0 Å². The molecule has 2 saturated heterocycles. The summed E-state index contributed by atoms with van der Waals surface area (Å²) in [5, 5.41) is 20.0. The van der Waals surface area contributed by atoms with E-state index in [0.29, 0.717) is 36.5 Å². The van der Waals surface area contributed by atoms with E-state index in [2.05, 4.69) is 95.2 Å². The van der Waals surface area contributed by atoms with Gasteiger partial charge in [-0.2, -0.15) is 15.0 Å². The van der Waals surface area contributed by atoms with Gasteiger partial charge in [-0.1, -0.05) is 0 Å². The van der Waals surface area contributed by atoms with Crippen molar-refractivity contribution >= 4 is 17.8 Å². The molecule has 1 aromatic heterocycles. The number of nitrogens with one attached hydrogen (secondary N) is 3. The van der Waals surface area contributed by atoms with E-state index in [1.54, 1.807) is 0 Å². The number of hydrogen-bond acceptors (Lipinski definition) is 9. The van der Waals surface area contributed by atoms with E-state index >= 15 is 0 Å². The van der Waals surface area contributed by atoms with E-state index in [1.807, 2.05) is 0 Å². The smallest absolute Gasteiger partial charge is 0.231 e. The van der Waals surface area contributed by atoms with Gasteiger partial charge in [0.1, 0.15) is 0 Å². The van der Waals surface area contributed by atoms with Crippen molar-refractivity contribution in [2.24, 2.45) is 0 Å². The quantitative estimate of drug-likeness (QED) is 0.473. The summed E-state index contributed by atoms with van der Waals surface area (Å²) < 4.78 is 0. The molecule has 0 radical (unpaired) electrons. The lowest BCUT2D eigenvalue weighted by atomic mass is 9.79. The number of aliphatic hydroxyl groups excluding tert-OH is 1. The molecule has 0 bridgehead atoms. The van der Waals surface area contributed by atoms with Crippen LogP contribution in [0.5, 0.6) is 0 Å².